The molecule has 0 saturated carbocycles. The predicted octanol–water partition coefficient (Wildman–Crippen LogP) is 6.68. The molecule has 9 nitrogen and oxygen atoms in total. The van der Waals surface area contributed by atoms with Crippen LogP contribution in [0, 0.1) is 0 Å². The van der Waals surface area contributed by atoms with Crippen molar-refractivity contribution in [2.24, 2.45) is 10.2 Å². The van der Waals surface area contributed by atoms with Gasteiger partial charge in [0, 0.05) is 11.1 Å². The number of halogens is 1. The number of azo groups is 1. The summed E-state index contributed by atoms with van der Waals surface area (Å²) in [7, 11) is -2.99. The van der Waals surface area contributed by atoms with E-state index < -0.39 is 20.9 Å². The van der Waals surface area contributed by atoms with Gasteiger partial charge in [-0.2, -0.15) is 13.5 Å². The van der Waals surface area contributed by atoms with E-state index in [0.717, 1.165) is 6.07 Å². The van der Waals surface area contributed by atoms with Crippen LogP contribution in [0.15, 0.2) is 81.9 Å². The molecule has 0 radical (unpaired) electrons. The van der Waals surface area contributed by atoms with Gasteiger partial charge in [-0.15, -0.1) is 5.11 Å². The molecule has 0 saturated heterocycles. The quantitative estimate of drug-likeness (QED) is 0.177. The molecule has 190 valence electrons. The van der Waals surface area contributed by atoms with E-state index in [1.807, 2.05) is 0 Å². The van der Waals surface area contributed by atoms with Crippen LogP contribution in [0.1, 0.15) is 22.8 Å². The highest BCUT2D eigenvalue weighted by molar-refractivity contribution is 7.86. The first-order valence-electron chi connectivity index (χ1n) is 11.0. The number of ether oxygens (including phenoxy) is 1. The van der Waals surface area contributed by atoms with Crippen molar-refractivity contribution < 1.29 is 27.6 Å². The fourth-order valence-electron chi connectivity index (χ4n) is 3.79. The van der Waals surface area contributed by atoms with Crippen LogP contribution in [-0.4, -0.2) is 31.1 Å². The van der Waals surface area contributed by atoms with Gasteiger partial charge in [-0.3, -0.25) is 9.35 Å². The van der Waals surface area contributed by atoms with E-state index in [-0.39, 0.29) is 27.7 Å². The number of nitrogens with one attached hydrogen (secondary N) is 1. The van der Waals surface area contributed by atoms with Crippen LogP contribution in [0.25, 0.3) is 10.8 Å². The molecule has 0 bridgehead atoms. The molecular weight excluding hydrogens is 518 g/mol. The van der Waals surface area contributed by atoms with Crippen LogP contribution in [0.3, 0.4) is 0 Å². The maximum atomic E-state index is 13.1. The number of anilines is 1. The molecule has 4 rings (SSSR count). The van der Waals surface area contributed by atoms with Gasteiger partial charge in [0.1, 0.15) is 16.3 Å². The van der Waals surface area contributed by atoms with Crippen molar-refractivity contribution in [3.8, 4) is 11.5 Å². The molecular formula is C26H22ClN3O6S. The molecule has 1 amide bonds. The number of hydrogen-bond acceptors (Lipinski definition) is 7. The molecule has 4 aromatic rings. The SMILES string of the molecule is CCc1c(N=Nc2c(O)c(C(=O)Nc3ccc(OC)cc3)cc3ccccc23)ccc(S(=O)(=O)O)c1Cl. The lowest BCUT2D eigenvalue weighted by Crippen LogP contribution is -2.12. The third-order valence-corrected chi connectivity index (χ3v) is 7.10. The van der Waals surface area contributed by atoms with Crippen LogP contribution < -0.4 is 10.1 Å². The lowest BCUT2D eigenvalue weighted by atomic mass is 10.0. The van der Waals surface area contributed by atoms with Crippen LogP contribution in [0.4, 0.5) is 17.1 Å². The normalized spacial score (nSPS) is 11.7. The number of aromatic hydroxyl groups is 1. The third kappa shape index (κ3) is 5.41. The lowest BCUT2D eigenvalue weighted by Gasteiger charge is -2.12. The van der Waals surface area contributed by atoms with Crippen molar-refractivity contribution >= 4 is 55.5 Å². The summed E-state index contributed by atoms with van der Waals surface area (Å²) >= 11 is 6.22. The summed E-state index contributed by atoms with van der Waals surface area (Å²) in [6.45, 7) is 1.74. The number of rotatable bonds is 7. The van der Waals surface area contributed by atoms with Crippen molar-refractivity contribution in [2.45, 2.75) is 18.2 Å². The summed E-state index contributed by atoms with van der Waals surface area (Å²) in [6, 6.07) is 17.8. The van der Waals surface area contributed by atoms with Gasteiger partial charge in [-0.25, -0.2) is 0 Å². The summed E-state index contributed by atoms with van der Waals surface area (Å²) < 4.78 is 37.8. The Bertz CT molecular complexity index is 1640. The molecule has 0 atom stereocenters. The van der Waals surface area contributed by atoms with Crippen molar-refractivity contribution in [1.82, 2.24) is 0 Å². The minimum atomic E-state index is -4.53. The zero-order valence-corrected chi connectivity index (χ0v) is 21.3. The predicted molar refractivity (Wildman–Crippen MR) is 141 cm³/mol. The van der Waals surface area contributed by atoms with E-state index >= 15 is 0 Å². The van der Waals surface area contributed by atoms with Crippen LogP contribution in [0.2, 0.25) is 5.02 Å². The van der Waals surface area contributed by atoms with E-state index in [1.54, 1.807) is 61.5 Å². The molecule has 0 unspecified atom stereocenters. The van der Waals surface area contributed by atoms with E-state index in [2.05, 4.69) is 15.5 Å². The van der Waals surface area contributed by atoms with Gasteiger partial charge in [0.05, 0.1) is 23.4 Å². The number of phenolic OH excluding ortho intramolecular Hbond substituents is 1. The van der Waals surface area contributed by atoms with E-state index in [0.29, 0.717) is 34.2 Å². The molecule has 0 aliphatic carbocycles. The van der Waals surface area contributed by atoms with Gasteiger partial charge in [-0.1, -0.05) is 42.8 Å². The highest BCUT2D eigenvalue weighted by atomic mass is 35.5. The molecule has 0 heterocycles. The maximum Gasteiger partial charge on any atom is 0.296 e. The third-order valence-electron chi connectivity index (χ3n) is 5.66. The fraction of sp³-hybridized carbons (Fsp3) is 0.115. The number of hydrogen-bond donors (Lipinski definition) is 3. The molecule has 0 aliphatic heterocycles. The van der Waals surface area contributed by atoms with Crippen molar-refractivity contribution in [2.75, 3.05) is 12.4 Å². The number of phenols is 1. The number of fused-ring (bicyclic) bond motifs is 1. The van der Waals surface area contributed by atoms with Gasteiger partial charge in [0.15, 0.2) is 5.75 Å². The smallest absolute Gasteiger partial charge is 0.296 e. The Labute approximate surface area is 218 Å². The van der Waals surface area contributed by atoms with Gasteiger partial charge < -0.3 is 15.2 Å². The monoisotopic (exact) mass is 539 g/mol. The zero-order chi connectivity index (χ0) is 26.7. The van der Waals surface area contributed by atoms with Gasteiger partial charge >= 0.3 is 0 Å². The highest BCUT2D eigenvalue weighted by Crippen LogP contribution is 2.41. The second kappa shape index (κ2) is 10.6. The first-order valence-corrected chi connectivity index (χ1v) is 12.9. The summed E-state index contributed by atoms with van der Waals surface area (Å²) in [4.78, 5) is 12.6. The minimum Gasteiger partial charge on any atom is -0.505 e. The second-order valence-corrected chi connectivity index (χ2v) is 9.70. The van der Waals surface area contributed by atoms with Gasteiger partial charge in [-0.05, 0) is 59.8 Å². The lowest BCUT2D eigenvalue weighted by molar-refractivity contribution is 0.102. The molecule has 0 spiro atoms. The Morgan fingerprint density at radius 1 is 1.05 bits per heavy atom. The Hall–Kier alpha value is -3.99. The standard InChI is InChI=1S/C26H22ClN3O6S/c1-3-18-21(12-13-22(23(18)27)37(33,34)35)29-30-24-19-7-5-4-6-15(19)14-20(25(24)31)26(32)28-16-8-10-17(36-2)11-9-16/h4-14,31H,3H2,1-2H3,(H,28,32)(H,33,34,35). The second-order valence-electron chi connectivity index (χ2n) is 7.93. The molecule has 0 fully saturated rings. The topological polar surface area (TPSA) is 138 Å². The number of carbonyl (C=O) groups excluding carboxylic acids is 1. The first-order chi connectivity index (χ1) is 17.6. The van der Waals surface area contributed by atoms with Crippen LogP contribution >= 0.6 is 11.6 Å². The Morgan fingerprint density at radius 3 is 2.41 bits per heavy atom. The van der Waals surface area contributed by atoms with E-state index in [4.69, 9.17) is 16.3 Å². The van der Waals surface area contributed by atoms with Crippen LogP contribution in [0.5, 0.6) is 11.5 Å². The van der Waals surface area contributed by atoms with Crippen molar-refractivity contribution in [3.63, 3.8) is 0 Å². The molecule has 0 aromatic heterocycles. The molecule has 4 aromatic carbocycles. The average molecular weight is 540 g/mol. The average Bonchev–Trinajstić information content (AvgIpc) is 2.87. The summed E-state index contributed by atoms with van der Waals surface area (Å²) in [6.07, 6.45) is 0.299. The first kappa shape index (κ1) is 26.1. The summed E-state index contributed by atoms with van der Waals surface area (Å²) in [5.41, 5.74) is 1.13. The Balaban J connectivity index is 1.78. The fourth-order valence-corrected chi connectivity index (χ4v) is 4.96. The number of methoxy groups -OCH3 is 1. The molecule has 11 heteroatoms. The minimum absolute atomic E-state index is 0.0149. The number of carbonyl (C=O) groups is 1. The summed E-state index contributed by atoms with van der Waals surface area (Å²) in [5, 5.41) is 23.2. The molecule has 3 N–H and O–H groups in total. The van der Waals surface area contributed by atoms with Gasteiger partial charge in [0.2, 0.25) is 0 Å². The van der Waals surface area contributed by atoms with Crippen LogP contribution in [-0.2, 0) is 16.5 Å². The maximum absolute atomic E-state index is 13.1. The number of amides is 1. The Kier molecular flexibility index (Phi) is 7.44. The summed E-state index contributed by atoms with van der Waals surface area (Å²) in [5.74, 6) is -0.308. The van der Waals surface area contributed by atoms with E-state index in [9.17, 15) is 22.9 Å². The van der Waals surface area contributed by atoms with Crippen molar-refractivity contribution in [3.05, 3.63) is 82.9 Å². The van der Waals surface area contributed by atoms with Crippen molar-refractivity contribution in [1.29, 1.82) is 0 Å². The van der Waals surface area contributed by atoms with Gasteiger partial charge in [0.25, 0.3) is 16.0 Å². The van der Waals surface area contributed by atoms with E-state index in [1.165, 1.54) is 13.2 Å². The molecule has 37 heavy (non-hydrogen) atoms. The highest BCUT2D eigenvalue weighted by Gasteiger charge is 2.21. The number of nitrogens with zero attached hydrogens (tertiary/aromatic N) is 2. The number of benzene rings is 4. The largest absolute Gasteiger partial charge is 0.505 e. The zero-order valence-electron chi connectivity index (χ0n) is 19.8. The molecule has 0 aliphatic rings. The Morgan fingerprint density at radius 2 is 1.76 bits per heavy atom.